The van der Waals surface area contributed by atoms with Crippen LogP contribution in [0, 0.1) is 5.92 Å². The summed E-state index contributed by atoms with van der Waals surface area (Å²) in [6.45, 7) is 3.83. The highest BCUT2D eigenvalue weighted by Gasteiger charge is 2.23. The van der Waals surface area contributed by atoms with Crippen molar-refractivity contribution in [1.82, 2.24) is 10.4 Å². The van der Waals surface area contributed by atoms with Crippen molar-refractivity contribution in [3.63, 3.8) is 0 Å². The molecule has 0 saturated carbocycles. The lowest BCUT2D eigenvalue weighted by Crippen LogP contribution is -2.45. The largest absolute Gasteiger partial charge is 0.381 e. The number of hydrazine groups is 1. The smallest absolute Gasteiger partial charge is 0.0509 e. The minimum atomic E-state index is 0.255. The first-order chi connectivity index (χ1) is 8.83. The van der Waals surface area contributed by atoms with Crippen molar-refractivity contribution in [2.24, 2.45) is 11.8 Å². The molecule has 2 heterocycles. The monoisotopic (exact) mass is 249 g/mol. The molecule has 1 aromatic rings. The molecule has 4 nitrogen and oxygen atoms in total. The Kier molecular flexibility index (Phi) is 5.11. The highest BCUT2D eigenvalue weighted by molar-refractivity contribution is 5.14. The van der Waals surface area contributed by atoms with Crippen LogP contribution in [0.2, 0.25) is 0 Å². The lowest BCUT2D eigenvalue weighted by molar-refractivity contribution is 0.0392. The van der Waals surface area contributed by atoms with E-state index in [2.05, 4.69) is 29.5 Å². The van der Waals surface area contributed by atoms with E-state index in [0.29, 0.717) is 5.92 Å². The molecule has 1 fully saturated rings. The van der Waals surface area contributed by atoms with Crippen LogP contribution in [0.4, 0.5) is 0 Å². The summed E-state index contributed by atoms with van der Waals surface area (Å²) in [6, 6.07) is 4.51. The van der Waals surface area contributed by atoms with Gasteiger partial charge < -0.3 is 4.74 Å². The maximum atomic E-state index is 5.67. The number of pyridine rings is 1. The first kappa shape index (κ1) is 13.5. The predicted octanol–water partition coefficient (Wildman–Crippen LogP) is 1.44. The number of ether oxygens (including phenoxy) is 1. The SMILES string of the molecule is CCc1ccc(CC(NN)C2CCCOC2)nc1. The Morgan fingerprint density at radius 2 is 2.44 bits per heavy atom. The second-order valence-electron chi connectivity index (χ2n) is 4.97. The molecule has 3 N–H and O–H groups in total. The molecular weight excluding hydrogens is 226 g/mol. The van der Waals surface area contributed by atoms with Crippen LogP contribution >= 0.6 is 0 Å². The van der Waals surface area contributed by atoms with Gasteiger partial charge in [-0.15, -0.1) is 0 Å². The van der Waals surface area contributed by atoms with Gasteiger partial charge in [-0.1, -0.05) is 13.0 Å². The fourth-order valence-corrected chi connectivity index (χ4v) is 2.45. The second-order valence-corrected chi connectivity index (χ2v) is 4.97. The van der Waals surface area contributed by atoms with Gasteiger partial charge in [0.1, 0.15) is 0 Å². The molecule has 18 heavy (non-hydrogen) atoms. The zero-order chi connectivity index (χ0) is 12.8. The Morgan fingerprint density at radius 1 is 1.56 bits per heavy atom. The van der Waals surface area contributed by atoms with Crippen molar-refractivity contribution < 1.29 is 4.74 Å². The molecule has 1 saturated heterocycles. The molecule has 2 rings (SSSR count). The summed E-state index contributed by atoms with van der Waals surface area (Å²) in [4.78, 5) is 4.50. The Bertz CT molecular complexity index is 347. The van der Waals surface area contributed by atoms with E-state index in [1.54, 1.807) is 0 Å². The number of nitrogens with two attached hydrogens (primary N) is 1. The summed E-state index contributed by atoms with van der Waals surface area (Å²) in [5.74, 6) is 6.17. The van der Waals surface area contributed by atoms with Crippen LogP contribution in [0.15, 0.2) is 18.3 Å². The zero-order valence-corrected chi connectivity index (χ0v) is 11.1. The van der Waals surface area contributed by atoms with Crippen LogP contribution in [0.1, 0.15) is 31.0 Å². The third-order valence-corrected chi connectivity index (χ3v) is 3.70. The molecule has 1 aliphatic rings. The summed E-state index contributed by atoms with van der Waals surface area (Å²) in [6.07, 6.45) is 6.17. The zero-order valence-electron chi connectivity index (χ0n) is 11.1. The first-order valence-electron chi connectivity index (χ1n) is 6.81. The maximum absolute atomic E-state index is 5.67. The predicted molar refractivity (Wildman–Crippen MR) is 72.0 cm³/mol. The number of aromatic nitrogens is 1. The average molecular weight is 249 g/mol. The van der Waals surface area contributed by atoms with E-state index in [4.69, 9.17) is 10.6 Å². The van der Waals surface area contributed by atoms with Gasteiger partial charge in [-0.3, -0.25) is 16.3 Å². The van der Waals surface area contributed by atoms with Gasteiger partial charge in [-0.25, -0.2) is 0 Å². The Labute approximate surface area is 109 Å². The number of hydrogen-bond donors (Lipinski definition) is 2. The van der Waals surface area contributed by atoms with Crippen LogP contribution < -0.4 is 11.3 Å². The van der Waals surface area contributed by atoms with Gasteiger partial charge in [0.15, 0.2) is 0 Å². The highest BCUT2D eigenvalue weighted by atomic mass is 16.5. The van der Waals surface area contributed by atoms with Gasteiger partial charge >= 0.3 is 0 Å². The van der Waals surface area contributed by atoms with E-state index in [0.717, 1.165) is 38.2 Å². The van der Waals surface area contributed by atoms with Gasteiger partial charge in [0.25, 0.3) is 0 Å². The van der Waals surface area contributed by atoms with Crippen molar-refractivity contribution in [3.05, 3.63) is 29.6 Å². The molecule has 4 heteroatoms. The van der Waals surface area contributed by atoms with E-state index >= 15 is 0 Å². The molecule has 2 atom stereocenters. The Morgan fingerprint density at radius 3 is 3.00 bits per heavy atom. The van der Waals surface area contributed by atoms with Crippen LogP contribution in [-0.2, 0) is 17.6 Å². The summed E-state index contributed by atoms with van der Waals surface area (Å²) >= 11 is 0. The first-order valence-corrected chi connectivity index (χ1v) is 6.81. The van der Waals surface area contributed by atoms with Gasteiger partial charge in [0.2, 0.25) is 0 Å². The van der Waals surface area contributed by atoms with E-state index in [9.17, 15) is 0 Å². The Hall–Kier alpha value is -0.970. The van der Waals surface area contributed by atoms with E-state index in [1.165, 1.54) is 12.0 Å². The lowest BCUT2D eigenvalue weighted by Gasteiger charge is -2.29. The molecule has 0 amide bonds. The standard InChI is InChI=1S/C14H23N3O/c1-2-11-5-6-13(16-9-11)8-14(17-15)12-4-3-7-18-10-12/h5-6,9,12,14,17H,2-4,7-8,10,15H2,1H3. The number of hydrogen-bond acceptors (Lipinski definition) is 4. The summed E-state index contributed by atoms with van der Waals surface area (Å²) < 4.78 is 5.52. The van der Waals surface area contributed by atoms with Crippen molar-refractivity contribution >= 4 is 0 Å². The molecule has 100 valence electrons. The highest BCUT2D eigenvalue weighted by Crippen LogP contribution is 2.19. The molecule has 0 bridgehead atoms. The number of nitrogens with one attached hydrogen (secondary N) is 1. The summed E-state index contributed by atoms with van der Waals surface area (Å²) in [7, 11) is 0. The van der Waals surface area contributed by atoms with Crippen molar-refractivity contribution in [3.8, 4) is 0 Å². The van der Waals surface area contributed by atoms with Crippen molar-refractivity contribution in [2.45, 2.75) is 38.6 Å². The average Bonchev–Trinajstić information content (AvgIpc) is 2.46. The quantitative estimate of drug-likeness (QED) is 0.612. The number of rotatable bonds is 5. The molecule has 2 unspecified atom stereocenters. The molecular formula is C14H23N3O. The van der Waals surface area contributed by atoms with Gasteiger partial charge in [-0.05, 0) is 36.8 Å². The van der Waals surface area contributed by atoms with Crippen LogP contribution in [-0.4, -0.2) is 24.2 Å². The maximum Gasteiger partial charge on any atom is 0.0509 e. The Balaban J connectivity index is 1.95. The van der Waals surface area contributed by atoms with Crippen LogP contribution in [0.5, 0.6) is 0 Å². The fourth-order valence-electron chi connectivity index (χ4n) is 2.45. The molecule has 0 spiro atoms. The van der Waals surface area contributed by atoms with E-state index < -0.39 is 0 Å². The van der Waals surface area contributed by atoms with Crippen LogP contribution in [0.3, 0.4) is 0 Å². The molecule has 0 aromatic carbocycles. The number of aryl methyl sites for hydroxylation is 1. The van der Waals surface area contributed by atoms with Gasteiger partial charge in [-0.2, -0.15) is 0 Å². The molecule has 0 aliphatic carbocycles. The minimum Gasteiger partial charge on any atom is -0.381 e. The van der Waals surface area contributed by atoms with Crippen molar-refractivity contribution in [1.29, 1.82) is 0 Å². The molecule has 1 aromatic heterocycles. The topological polar surface area (TPSA) is 60.2 Å². The van der Waals surface area contributed by atoms with E-state index in [-0.39, 0.29) is 6.04 Å². The van der Waals surface area contributed by atoms with Crippen molar-refractivity contribution in [2.75, 3.05) is 13.2 Å². The summed E-state index contributed by atoms with van der Waals surface area (Å²) in [5.41, 5.74) is 5.30. The summed E-state index contributed by atoms with van der Waals surface area (Å²) in [5, 5.41) is 0. The third-order valence-electron chi connectivity index (χ3n) is 3.70. The molecule has 1 aliphatic heterocycles. The normalized spacial score (nSPS) is 21.8. The fraction of sp³-hybridized carbons (Fsp3) is 0.643. The minimum absolute atomic E-state index is 0.255. The van der Waals surface area contributed by atoms with E-state index in [1.807, 2.05) is 6.20 Å². The van der Waals surface area contributed by atoms with Gasteiger partial charge in [0, 0.05) is 31.0 Å². The van der Waals surface area contributed by atoms with Crippen LogP contribution in [0.25, 0.3) is 0 Å². The second kappa shape index (κ2) is 6.83. The third kappa shape index (κ3) is 3.51. The van der Waals surface area contributed by atoms with Gasteiger partial charge in [0.05, 0.1) is 6.61 Å². The lowest BCUT2D eigenvalue weighted by atomic mass is 9.91. The molecule has 0 radical (unpaired) electrons. The number of nitrogens with zero attached hydrogens (tertiary/aromatic N) is 1.